The van der Waals surface area contributed by atoms with E-state index in [1.807, 2.05) is 0 Å². The molecule has 0 atom stereocenters. The van der Waals surface area contributed by atoms with Crippen LogP contribution in [0.15, 0.2) is 23.3 Å². The molecule has 0 rings (SSSR count). The minimum atomic E-state index is -6.60. The molecular formula is C7HF9O2. The average Bonchev–Trinajstić information content (AvgIpc) is 2.23. The Bertz CT molecular complexity index is 417. The van der Waals surface area contributed by atoms with Crippen LogP contribution in [0.1, 0.15) is 0 Å². The van der Waals surface area contributed by atoms with Gasteiger partial charge in [0.2, 0.25) is 17.5 Å². The van der Waals surface area contributed by atoms with Gasteiger partial charge in [-0.15, -0.1) is 0 Å². The zero-order chi connectivity index (χ0) is 14.9. The average molecular weight is 288 g/mol. The number of hydrogen-bond acceptors (Lipinski definition) is 1. The zero-order valence-electron chi connectivity index (χ0n) is 7.76. The van der Waals surface area contributed by atoms with Crippen molar-refractivity contribution in [2.24, 2.45) is 0 Å². The summed E-state index contributed by atoms with van der Waals surface area (Å²) < 4.78 is 108. The predicted molar refractivity (Wildman–Crippen MR) is 37.1 cm³/mol. The molecule has 0 aliphatic carbocycles. The quantitative estimate of drug-likeness (QED) is 0.489. The summed E-state index contributed by atoms with van der Waals surface area (Å²) in [4.78, 5) is 9.72. The maximum atomic E-state index is 12.4. The number of hydrogen-bond donors (Lipinski definition) is 1. The molecule has 0 aromatic rings. The van der Waals surface area contributed by atoms with Crippen LogP contribution in [-0.2, 0) is 4.79 Å². The molecule has 11 heteroatoms. The molecule has 0 fully saturated rings. The normalized spacial score (nSPS) is 16.1. The lowest BCUT2D eigenvalue weighted by Crippen LogP contribution is -2.37. The second-order valence-corrected chi connectivity index (χ2v) is 2.63. The topological polar surface area (TPSA) is 37.3 Å². The van der Waals surface area contributed by atoms with Crippen LogP contribution >= 0.6 is 0 Å². The molecule has 0 aliphatic rings. The van der Waals surface area contributed by atoms with E-state index in [4.69, 9.17) is 5.11 Å². The van der Waals surface area contributed by atoms with Gasteiger partial charge in [-0.25, -0.2) is 18.0 Å². The van der Waals surface area contributed by atoms with Gasteiger partial charge in [0.15, 0.2) is 5.83 Å². The highest BCUT2D eigenvalue weighted by Crippen LogP contribution is 2.44. The van der Waals surface area contributed by atoms with Crippen molar-refractivity contribution in [3.05, 3.63) is 23.3 Å². The fourth-order valence-corrected chi connectivity index (χ4v) is 0.549. The molecule has 0 amide bonds. The van der Waals surface area contributed by atoms with E-state index in [0.717, 1.165) is 0 Å². The molecule has 0 aromatic heterocycles. The number of carboxylic acids is 1. The first-order chi connectivity index (χ1) is 7.84. The maximum absolute atomic E-state index is 12.4. The summed E-state index contributed by atoms with van der Waals surface area (Å²) in [6.07, 6.45) is -6.60. The number of alkyl halides is 5. The van der Waals surface area contributed by atoms with Crippen molar-refractivity contribution >= 4 is 5.97 Å². The molecule has 104 valence electrons. The van der Waals surface area contributed by atoms with E-state index >= 15 is 0 Å². The molecule has 18 heavy (non-hydrogen) atoms. The third-order valence-corrected chi connectivity index (χ3v) is 1.40. The zero-order valence-corrected chi connectivity index (χ0v) is 7.76. The van der Waals surface area contributed by atoms with Crippen molar-refractivity contribution in [3.8, 4) is 0 Å². The van der Waals surface area contributed by atoms with Gasteiger partial charge in [0.25, 0.3) is 0 Å². The van der Waals surface area contributed by atoms with E-state index < -0.39 is 41.4 Å². The third kappa shape index (κ3) is 2.96. The van der Waals surface area contributed by atoms with Crippen molar-refractivity contribution < 1.29 is 49.4 Å². The van der Waals surface area contributed by atoms with Crippen molar-refractivity contribution in [2.45, 2.75) is 12.1 Å². The smallest absolute Gasteiger partial charge is 0.460 e. The summed E-state index contributed by atoms with van der Waals surface area (Å²) in [6.45, 7) is 0. The first-order valence-corrected chi connectivity index (χ1v) is 3.63. The second kappa shape index (κ2) is 4.90. The summed E-state index contributed by atoms with van der Waals surface area (Å²) in [7, 11) is 0. The largest absolute Gasteiger partial charge is 0.476 e. The van der Waals surface area contributed by atoms with Crippen LogP contribution < -0.4 is 0 Å². The first kappa shape index (κ1) is 16.3. The van der Waals surface area contributed by atoms with E-state index in [0.29, 0.717) is 0 Å². The van der Waals surface area contributed by atoms with Gasteiger partial charge < -0.3 is 5.11 Å². The first-order valence-electron chi connectivity index (χ1n) is 3.63. The molecule has 0 heterocycles. The molecule has 0 saturated heterocycles. The summed E-state index contributed by atoms with van der Waals surface area (Å²) in [6, 6.07) is 0. The Morgan fingerprint density at radius 3 is 1.44 bits per heavy atom. The lowest BCUT2D eigenvalue weighted by atomic mass is 10.2. The molecule has 0 unspecified atom stereocenters. The summed E-state index contributed by atoms with van der Waals surface area (Å²) >= 11 is 0. The van der Waals surface area contributed by atoms with Crippen molar-refractivity contribution in [3.63, 3.8) is 0 Å². The van der Waals surface area contributed by atoms with Crippen LogP contribution in [0.5, 0.6) is 0 Å². The van der Waals surface area contributed by atoms with Crippen LogP contribution in [0, 0.1) is 0 Å². The van der Waals surface area contributed by atoms with Gasteiger partial charge >= 0.3 is 18.1 Å². The van der Waals surface area contributed by atoms with Crippen molar-refractivity contribution in [1.82, 2.24) is 0 Å². The molecule has 1 N–H and O–H groups in total. The number of carbonyl (C=O) groups is 1. The van der Waals surface area contributed by atoms with Gasteiger partial charge in [-0.05, 0) is 0 Å². The minimum Gasteiger partial charge on any atom is -0.476 e. The highest BCUT2D eigenvalue weighted by Gasteiger charge is 2.62. The summed E-state index contributed by atoms with van der Waals surface area (Å²) in [5.74, 6) is -23.2. The number of rotatable bonds is 3. The molecule has 0 aliphatic heterocycles. The third-order valence-electron chi connectivity index (χ3n) is 1.40. The number of halogens is 9. The van der Waals surface area contributed by atoms with Crippen molar-refractivity contribution in [1.29, 1.82) is 0 Å². The van der Waals surface area contributed by atoms with E-state index in [9.17, 15) is 44.3 Å². The summed E-state index contributed by atoms with van der Waals surface area (Å²) in [5, 5.41) is 7.75. The molecule has 0 spiro atoms. The van der Waals surface area contributed by atoms with Gasteiger partial charge in [0.1, 0.15) is 0 Å². The molecular weight excluding hydrogens is 287 g/mol. The Hall–Kier alpha value is -1.68. The number of allylic oxidation sites excluding steroid dienone is 3. The van der Waals surface area contributed by atoms with Crippen LogP contribution in [0.3, 0.4) is 0 Å². The Labute approximate surface area is 92.0 Å². The van der Waals surface area contributed by atoms with Gasteiger partial charge in [0.05, 0.1) is 0 Å². The molecule has 2 nitrogen and oxygen atoms in total. The Morgan fingerprint density at radius 2 is 1.17 bits per heavy atom. The van der Waals surface area contributed by atoms with E-state index in [1.165, 1.54) is 0 Å². The van der Waals surface area contributed by atoms with Gasteiger partial charge in [-0.1, -0.05) is 0 Å². The fourth-order valence-electron chi connectivity index (χ4n) is 0.549. The van der Waals surface area contributed by atoms with E-state index in [2.05, 4.69) is 0 Å². The molecule has 0 radical (unpaired) electrons. The highest BCUT2D eigenvalue weighted by molar-refractivity contribution is 5.85. The van der Waals surface area contributed by atoms with Crippen LogP contribution in [0.4, 0.5) is 39.5 Å². The van der Waals surface area contributed by atoms with E-state index in [-0.39, 0.29) is 0 Å². The summed E-state index contributed by atoms with van der Waals surface area (Å²) in [5.41, 5.74) is 0. The molecule has 0 saturated carbocycles. The Balaban J connectivity index is 5.81. The minimum absolute atomic E-state index is 2.81. The lowest BCUT2D eigenvalue weighted by molar-refractivity contribution is -0.271. The molecule has 0 bridgehead atoms. The fraction of sp³-hybridized carbons (Fsp3) is 0.286. The van der Waals surface area contributed by atoms with Crippen LogP contribution in [-0.4, -0.2) is 23.2 Å². The van der Waals surface area contributed by atoms with Gasteiger partial charge in [-0.3, -0.25) is 0 Å². The number of carboxylic acid groups (broad SMARTS) is 1. The maximum Gasteiger partial charge on any atom is 0.460 e. The van der Waals surface area contributed by atoms with E-state index in [1.54, 1.807) is 0 Å². The van der Waals surface area contributed by atoms with Gasteiger partial charge in [0, 0.05) is 0 Å². The lowest BCUT2D eigenvalue weighted by Gasteiger charge is -2.17. The van der Waals surface area contributed by atoms with Gasteiger partial charge in [-0.2, -0.15) is 26.3 Å². The van der Waals surface area contributed by atoms with Crippen LogP contribution in [0.25, 0.3) is 0 Å². The standard InChI is InChI=1S/C7HF9O2/c8-1(3(10)5(17)18)2(9)4(11)6(12,13)7(14,15)16/h(H,17,18)/b3-1+,4-2+. The monoisotopic (exact) mass is 288 g/mol. The predicted octanol–water partition coefficient (Wildman–Crippen LogP) is 3.57. The number of aliphatic carboxylic acids is 1. The Morgan fingerprint density at radius 1 is 0.778 bits per heavy atom. The SMILES string of the molecule is O=C(O)/C(F)=C(F)/C(F)=C(\F)C(F)(F)C(F)(F)F. The highest BCUT2D eigenvalue weighted by atomic mass is 19.4. The molecule has 0 aromatic carbocycles. The Kier molecular flexibility index (Phi) is 4.44. The van der Waals surface area contributed by atoms with Crippen LogP contribution in [0.2, 0.25) is 0 Å². The van der Waals surface area contributed by atoms with Crippen molar-refractivity contribution in [2.75, 3.05) is 0 Å². The second-order valence-electron chi connectivity index (χ2n) is 2.63.